The van der Waals surface area contributed by atoms with E-state index in [0.717, 1.165) is 60.3 Å². The van der Waals surface area contributed by atoms with Gasteiger partial charge in [-0.3, -0.25) is 14.4 Å². The number of benzene rings is 1. The highest BCUT2D eigenvalue weighted by atomic mass is 32.1. The van der Waals surface area contributed by atoms with Crippen LogP contribution in [0.3, 0.4) is 0 Å². The van der Waals surface area contributed by atoms with Crippen molar-refractivity contribution in [3.63, 3.8) is 0 Å². The zero-order valence-corrected chi connectivity index (χ0v) is 24.4. The second-order valence-corrected chi connectivity index (χ2v) is 11.2. The number of likely N-dealkylation sites (tertiary alicyclic amines) is 1. The van der Waals surface area contributed by atoms with Crippen molar-refractivity contribution in [1.82, 2.24) is 25.1 Å². The smallest absolute Gasteiger partial charge is 0.254 e. The number of hydrogen-bond acceptors (Lipinski definition) is 5. The van der Waals surface area contributed by atoms with Gasteiger partial charge in [0.05, 0.1) is 5.56 Å². The zero-order chi connectivity index (χ0) is 28.1. The van der Waals surface area contributed by atoms with Crippen LogP contribution in [0.15, 0.2) is 35.1 Å². The third-order valence-electron chi connectivity index (χ3n) is 8.11. The third kappa shape index (κ3) is 6.58. The molecule has 1 aliphatic heterocycles. The number of amides is 2. The van der Waals surface area contributed by atoms with E-state index in [0.29, 0.717) is 35.8 Å². The summed E-state index contributed by atoms with van der Waals surface area (Å²) in [5, 5.41) is 6.91. The Hall–Kier alpha value is -3.04. The van der Waals surface area contributed by atoms with Crippen LogP contribution in [0.2, 0.25) is 0 Å². The average molecular weight is 552 g/mol. The Bertz CT molecular complexity index is 1390. The van der Waals surface area contributed by atoms with E-state index in [1.807, 2.05) is 45.0 Å². The fraction of sp³-hybridized carbons (Fsp3) is 0.500. The molecule has 8 nitrogen and oxygen atoms in total. The Morgan fingerprint density at radius 2 is 1.85 bits per heavy atom. The molecule has 0 spiro atoms. The number of hydrogen-bond donors (Lipinski definition) is 4. The molecular weight excluding hydrogens is 510 g/mol. The fourth-order valence-electron chi connectivity index (χ4n) is 5.97. The monoisotopic (exact) mass is 551 g/mol. The number of piperidine rings is 1. The molecule has 2 amide bonds. The second-order valence-electron chi connectivity index (χ2n) is 10.7. The van der Waals surface area contributed by atoms with Crippen molar-refractivity contribution in [3.05, 3.63) is 68.8 Å². The van der Waals surface area contributed by atoms with Crippen LogP contribution < -0.4 is 16.2 Å². The van der Waals surface area contributed by atoms with Crippen LogP contribution in [-0.4, -0.2) is 58.2 Å². The molecule has 0 aliphatic carbocycles. The van der Waals surface area contributed by atoms with Crippen molar-refractivity contribution < 1.29 is 9.59 Å². The van der Waals surface area contributed by atoms with Crippen molar-refractivity contribution in [2.45, 2.75) is 59.5 Å². The molecule has 1 fully saturated rings. The summed E-state index contributed by atoms with van der Waals surface area (Å²) in [6.45, 7) is 11.7. The van der Waals surface area contributed by atoms with E-state index in [9.17, 15) is 14.4 Å². The van der Waals surface area contributed by atoms with E-state index in [4.69, 9.17) is 0 Å². The average Bonchev–Trinajstić information content (AvgIpc) is 3.19. The van der Waals surface area contributed by atoms with Crippen LogP contribution in [0.4, 0.5) is 0 Å². The van der Waals surface area contributed by atoms with Gasteiger partial charge >= 0.3 is 0 Å². The number of aryl methyl sites for hydroxylation is 2. The Labute approximate surface area is 236 Å². The Kier molecular flexibility index (Phi) is 9.56. The zero-order valence-electron chi connectivity index (χ0n) is 23.5. The fourth-order valence-corrected chi connectivity index (χ4v) is 6.18. The Morgan fingerprint density at radius 1 is 1.13 bits per heavy atom. The van der Waals surface area contributed by atoms with Gasteiger partial charge in [-0.15, -0.1) is 0 Å². The predicted molar refractivity (Wildman–Crippen MR) is 160 cm³/mol. The minimum atomic E-state index is -0.163. The van der Waals surface area contributed by atoms with Crippen molar-refractivity contribution in [1.29, 1.82) is 0 Å². The van der Waals surface area contributed by atoms with Gasteiger partial charge in [-0.25, -0.2) is 0 Å². The molecule has 0 unspecified atom stereocenters. The van der Waals surface area contributed by atoms with Gasteiger partial charge in [0.2, 0.25) is 5.91 Å². The standard InChI is InChI=1S/C30H41N5O3S/c1-19-17-20(2)33-29(37)25(19)18-32-30(38)28-22(4)35(26-8-6-5-7-24(26)28)21(3)23-9-13-34(14-10-23)15-12-31-27(36)11-16-39/h5-8,17,21,23,39H,9-16,18H2,1-4H3,(H,31,36)(H,32,38)(H,33,37)/t21-/m1/s1. The number of rotatable bonds is 10. The number of nitrogens with zero attached hydrogens (tertiary/aromatic N) is 2. The van der Waals surface area contributed by atoms with E-state index in [1.54, 1.807) is 0 Å². The number of carbonyl (C=O) groups excluding carboxylic acids is 2. The summed E-state index contributed by atoms with van der Waals surface area (Å²) < 4.78 is 2.33. The largest absolute Gasteiger partial charge is 0.355 e. The molecule has 4 rings (SSSR count). The summed E-state index contributed by atoms with van der Waals surface area (Å²) in [5.74, 6) is 0.949. The first-order valence-electron chi connectivity index (χ1n) is 13.9. The molecule has 0 saturated carbocycles. The highest BCUT2D eigenvalue weighted by Crippen LogP contribution is 2.35. The molecule has 9 heteroatoms. The minimum Gasteiger partial charge on any atom is -0.355 e. The van der Waals surface area contributed by atoms with Crippen molar-refractivity contribution in [2.24, 2.45) is 5.92 Å². The minimum absolute atomic E-state index is 0.0594. The van der Waals surface area contributed by atoms with E-state index in [2.05, 4.69) is 50.7 Å². The summed E-state index contributed by atoms with van der Waals surface area (Å²) in [4.78, 5) is 42.9. The lowest BCUT2D eigenvalue weighted by atomic mass is 9.90. The molecule has 0 bridgehead atoms. The van der Waals surface area contributed by atoms with E-state index >= 15 is 0 Å². The summed E-state index contributed by atoms with van der Waals surface area (Å²) >= 11 is 4.11. The van der Waals surface area contributed by atoms with Gasteiger partial charge in [-0.2, -0.15) is 12.6 Å². The van der Waals surface area contributed by atoms with E-state index < -0.39 is 0 Å². The lowest BCUT2D eigenvalue weighted by molar-refractivity contribution is -0.120. The van der Waals surface area contributed by atoms with Gasteiger partial charge in [0, 0.05) is 60.0 Å². The molecule has 1 atom stereocenters. The molecule has 0 radical (unpaired) electrons. The van der Waals surface area contributed by atoms with Crippen LogP contribution in [-0.2, 0) is 11.3 Å². The van der Waals surface area contributed by atoms with Gasteiger partial charge in [-0.05, 0) is 83.0 Å². The number of nitrogens with one attached hydrogen (secondary N) is 3. The lowest BCUT2D eigenvalue weighted by Gasteiger charge is -2.36. The van der Waals surface area contributed by atoms with Crippen LogP contribution in [0.1, 0.15) is 65.1 Å². The summed E-state index contributed by atoms with van der Waals surface area (Å²) in [6, 6.07) is 10.2. The number of thiol groups is 1. The van der Waals surface area contributed by atoms with Crippen LogP contribution in [0, 0.1) is 26.7 Å². The Morgan fingerprint density at radius 3 is 2.54 bits per heavy atom. The normalized spacial score (nSPS) is 15.4. The van der Waals surface area contributed by atoms with Crippen LogP contribution in [0.5, 0.6) is 0 Å². The molecule has 2 aromatic heterocycles. The number of carbonyl (C=O) groups is 2. The number of H-pyrrole nitrogens is 1. The molecular formula is C30H41N5O3S. The van der Waals surface area contributed by atoms with E-state index in [1.165, 1.54) is 0 Å². The number of para-hydroxylation sites is 1. The summed E-state index contributed by atoms with van der Waals surface area (Å²) in [7, 11) is 0. The van der Waals surface area contributed by atoms with E-state index in [-0.39, 0.29) is 30.0 Å². The molecule has 210 valence electrons. The van der Waals surface area contributed by atoms with Crippen molar-refractivity contribution in [2.75, 3.05) is 31.9 Å². The van der Waals surface area contributed by atoms with Gasteiger partial charge in [0.15, 0.2) is 0 Å². The molecule has 3 N–H and O–H groups in total. The van der Waals surface area contributed by atoms with Crippen LogP contribution >= 0.6 is 12.6 Å². The highest BCUT2D eigenvalue weighted by Gasteiger charge is 2.29. The molecule has 39 heavy (non-hydrogen) atoms. The van der Waals surface area contributed by atoms with Crippen LogP contribution in [0.25, 0.3) is 10.9 Å². The maximum absolute atomic E-state index is 13.5. The Balaban J connectivity index is 1.46. The van der Waals surface area contributed by atoms with Crippen molar-refractivity contribution in [3.8, 4) is 0 Å². The lowest BCUT2D eigenvalue weighted by Crippen LogP contribution is -2.41. The molecule has 1 saturated heterocycles. The number of fused-ring (bicyclic) bond motifs is 1. The first kappa shape index (κ1) is 29.0. The quantitative estimate of drug-likeness (QED) is 0.287. The molecule has 1 aromatic carbocycles. The first-order valence-corrected chi connectivity index (χ1v) is 14.5. The topological polar surface area (TPSA) is 99.2 Å². The van der Waals surface area contributed by atoms with Crippen molar-refractivity contribution >= 4 is 35.3 Å². The predicted octanol–water partition coefficient (Wildman–Crippen LogP) is 3.89. The molecule has 1 aliphatic rings. The number of pyridine rings is 1. The number of aromatic amines is 1. The van der Waals surface area contributed by atoms with Gasteiger partial charge in [0.25, 0.3) is 11.5 Å². The second kappa shape index (κ2) is 12.9. The SMILES string of the molecule is Cc1cc(C)c(CNC(=O)c2c(C)n([C@H](C)C3CCN(CCNC(=O)CCS)CC3)c3ccccc23)c(=O)[nH]1. The summed E-state index contributed by atoms with van der Waals surface area (Å²) in [5.41, 5.74) is 4.78. The maximum atomic E-state index is 13.5. The highest BCUT2D eigenvalue weighted by molar-refractivity contribution is 7.80. The summed E-state index contributed by atoms with van der Waals surface area (Å²) in [6.07, 6.45) is 2.58. The molecule has 3 heterocycles. The van der Waals surface area contributed by atoms with Gasteiger partial charge in [0.1, 0.15) is 0 Å². The number of aromatic nitrogens is 2. The molecule has 3 aromatic rings. The van der Waals surface area contributed by atoms with Gasteiger partial charge in [-0.1, -0.05) is 18.2 Å². The maximum Gasteiger partial charge on any atom is 0.254 e. The first-order chi connectivity index (χ1) is 18.7. The third-order valence-corrected chi connectivity index (χ3v) is 8.34. The van der Waals surface area contributed by atoms with Gasteiger partial charge < -0.3 is 25.1 Å².